The van der Waals surface area contributed by atoms with Crippen molar-refractivity contribution >= 4 is 27.5 Å². The molecule has 30 heavy (non-hydrogen) atoms. The minimum atomic E-state index is -3.58. The quantitative estimate of drug-likeness (QED) is 0.568. The van der Waals surface area contributed by atoms with Gasteiger partial charge < -0.3 is 9.84 Å². The SMILES string of the molecule is Cc1ccc(CN(CC(=O)NCc2nc(-c3ccc(Cl)cc3)no2)S(C)(=O)=O)cc1. The Morgan fingerprint density at radius 3 is 2.43 bits per heavy atom. The van der Waals surface area contributed by atoms with Gasteiger partial charge in [0, 0.05) is 17.1 Å². The summed E-state index contributed by atoms with van der Waals surface area (Å²) in [6.45, 7) is 1.72. The number of rotatable bonds is 8. The maximum absolute atomic E-state index is 12.3. The Hall–Kier alpha value is -2.75. The van der Waals surface area contributed by atoms with Gasteiger partial charge >= 0.3 is 0 Å². The van der Waals surface area contributed by atoms with Crippen LogP contribution in [0, 0.1) is 6.92 Å². The second-order valence-corrected chi connectivity index (χ2v) is 9.23. The van der Waals surface area contributed by atoms with E-state index in [0.29, 0.717) is 10.8 Å². The molecule has 1 N–H and O–H groups in total. The van der Waals surface area contributed by atoms with E-state index in [1.807, 2.05) is 31.2 Å². The third-order valence-corrected chi connectivity index (χ3v) is 5.72. The van der Waals surface area contributed by atoms with Crippen LogP contribution in [0.15, 0.2) is 53.1 Å². The topological polar surface area (TPSA) is 105 Å². The maximum Gasteiger partial charge on any atom is 0.246 e. The summed E-state index contributed by atoms with van der Waals surface area (Å²) in [5.41, 5.74) is 2.59. The summed E-state index contributed by atoms with van der Waals surface area (Å²) in [6, 6.07) is 14.4. The molecule has 158 valence electrons. The van der Waals surface area contributed by atoms with Gasteiger partial charge in [-0.15, -0.1) is 0 Å². The third-order valence-electron chi connectivity index (χ3n) is 4.28. The van der Waals surface area contributed by atoms with Gasteiger partial charge in [-0.05, 0) is 36.8 Å². The van der Waals surface area contributed by atoms with Crippen LogP contribution in [0.5, 0.6) is 0 Å². The number of nitrogens with zero attached hydrogens (tertiary/aromatic N) is 3. The van der Waals surface area contributed by atoms with Crippen LogP contribution in [0.3, 0.4) is 0 Å². The van der Waals surface area contributed by atoms with E-state index in [2.05, 4.69) is 15.5 Å². The molecule has 3 aromatic rings. The van der Waals surface area contributed by atoms with Crippen molar-refractivity contribution in [2.75, 3.05) is 12.8 Å². The van der Waals surface area contributed by atoms with Gasteiger partial charge in [-0.2, -0.15) is 9.29 Å². The van der Waals surface area contributed by atoms with E-state index >= 15 is 0 Å². The number of sulfonamides is 1. The first kappa shape index (κ1) is 21.9. The van der Waals surface area contributed by atoms with Crippen LogP contribution in [-0.2, 0) is 27.9 Å². The Labute approximate surface area is 179 Å². The summed E-state index contributed by atoms with van der Waals surface area (Å²) in [4.78, 5) is 16.5. The van der Waals surface area contributed by atoms with Crippen molar-refractivity contribution in [2.45, 2.75) is 20.0 Å². The molecule has 1 amide bonds. The van der Waals surface area contributed by atoms with Crippen molar-refractivity contribution in [1.82, 2.24) is 19.8 Å². The Morgan fingerprint density at radius 2 is 1.80 bits per heavy atom. The number of benzene rings is 2. The molecule has 0 bridgehead atoms. The lowest BCUT2D eigenvalue weighted by Crippen LogP contribution is -2.39. The molecule has 1 heterocycles. The van der Waals surface area contributed by atoms with Crippen molar-refractivity contribution in [3.63, 3.8) is 0 Å². The van der Waals surface area contributed by atoms with Crippen LogP contribution < -0.4 is 5.32 Å². The average molecular weight is 449 g/mol. The summed E-state index contributed by atoms with van der Waals surface area (Å²) in [5.74, 6) is 0.101. The van der Waals surface area contributed by atoms with E-state index < -0.39 is 15.9 Å². The summed E-state index contributed by atoms with van der Waals surface area (Å²) in [6.07, 6.45) is 1.07. The first-order chi connectivity index (χ1) is 14.2. The summed E-state index contributed by atoms with van der Waals surface area (Å²) < 4.78 is 30.4. The van der Waals surface area contributed by atoms with E-state index in [1.165, 1.54) is 0 Å². The first-order valence-corrected chi connectivity index (χ1v) is 11.3. The van der Waals surface area contributed by atoms with Crippen LogP contribution in [0.25, 0.3) is 11.4 Å². The lowest BCUT2D eigenvalue weighted by atomic mass is 10.1. The fourth-order valence-corrected chi connectivity index (χ4v) is 3.48. The third kappa shape index (κ3) is 6.12. The zero-order chi connectivity index (χ0) is 21.7. The van der Waals surface area contributed by atoms with Crippen molar-refractivity contribution in [1.29, 1.82) is 0 Å². The zero-order valence-corrected chi connectivity index (χ0v) is 18.1. The van der Waals surface area contributed by atoms with Gasteiger partial charge in [-0.25, -0.2) is 8.42 Å². The van der Waals surface area contributed by atoms with Gasteiger partial charge in [-0.1, -0.05) is 46.6 Å². The molecule has 0 saturated heterocycles. The van der Waals surface area contributed by atoms with Crippen molar-refractivity contribution < 1.29 is 17.7 Å². The van der Waals surface area contributed by atoms with Crippen LogP contribution >= 0.6 is 11.6 Å². The Balaban J connectivity index is 1.59. The Kier molecular flexibility index (Phi) is 6.86. The molecular weight excluding hydrogens is 428 g/mol. The molecule has 0 aliphatic carbocycles. The van der Waals surface area contributed by atoms with Gasteiger partial charge in [0.1, 0.15) is 0 Å². The molecule has 1 aromatic heterocycles. The van der Waals surface area contributed by atoms with E-state index in [0.717, 1.165) is 27.3 Å². The summed E-state index contributed by atoms with van der Waals surface area (Å²) >= 11 is 5.86. The van der Waals surface area contributed by atoms with E-state index in [-0.39, 0.29) is 25.5 Å². The zero-order valence-electron chi connectivity index (χ0n) is 16.5. The summed E-state index contributed by atoms with van der Waals surface area (Å²) in [5, 5.41) is 7.07. The lowest BCUT2D eigenvalue weighted by Gasteiger charge is -2.19. The van der Waals surface area contributed by atoms with Gasteiger partial charge in [0.25, 0.3) is 0 Å². The lowest BCUT2D eigenvalue weighted by molar-refractivity contribution is -0.121. The maximum atomic E-state index is 12.3. The van der Waals surface area contributed by atoms with Crippen molar-refractivity contribution in [2.24, 2.45) is 0 Å². The van der Waals surface area contributed by atoms with Gasteiger partial charge in [0.05, 0.1) is 19.3 Å². The standard InChI is InChI=1S/C20H21ClN4O4S/c1-14-3-5-15(6-4-14)12-25(30(2,27)28)13-18(26)22-11-19-23-20(24-29-19)16-7-9-17(21)10-8-16/h3-10H,11-13H2,1-2H3,(H,22,26). The monoisotopic (exact) mass is 448 g/mol. The minimum Gasteiger partial charge on any atom is -0.346 e. The number of nitrogens with one attached hydrogen (secondary N) is 1. The average Bonchev–Trinajstić information content (AvgIpc) is 3.16. The van der Waals surface area contributed by atoms with Crippen LogP contribution in [0.4, 0.5) is 0 Å². The Morgan fingerprint density at radius 1 is 1.13 bits per heavy atom. The number of hydrogen-bond acceptors (Lipinski definition) is 6. The molecule has 0 saturated carbocycles. The molecule has 0 unspecified atom stereocenters. The molecule has 8 nitrogen and oxygen atoms in total. The van der Waals surface area contributed by atoms with Gasteiger partial charge in [-0.3, -0.25) is 4.79 Å². The smallest absolute Gasteiger partial charge is 0.246 e. The fraction of sp³-hybridized carbons (Fsp3) is 0.250. The molecule has 2 aromatic carbocycles. The van der Waals surface area contributed by atoms with Crippen LogP contribution in [0.2, 0.25) is 5.02 Å². The molecule has 0 aliphatic heterocycles. The molecule has 10 heteroatoms. The number of carbonyl (C=O) groups is 1. The first-order valence-electron chi connectivity index (χ1n) is 9.06. The Bertz CT molecular complexity index is 1110. The van der Waals surface area contributed by atoms with E-state index in [1.54, 1.807) is 24.3 Å². The number of hydrogen-bond donors (Lipinski definition) is 1. The second-order valence-electron chi connectivity index (χ2n) is 6.81. The highest BCUT2D eigenvalue weighted by atomic mass is 35.5. The predicted octanol–water partition coefficient (Wildman–Crippen LogP) is 2.78. The molecule has 3 rings (SSSR count). The highest BCUT2D eigenvalue weighted by Crippen LogP contribution is 2.18. The molecule has 0 spiro atoms. The molecule has 0 atom stereocenters. The number of amides is 1. The second kappa shape index (κ2) is 9.38. The van der Waals surface area contributed by atoms with Crippen LogP contribution in [-0.4, -0.2) is 41.6 Å². The number of aryl methyl sites for hydroxylation is 1. The van der Waals surface area contributed by atoms with Gasteiger partial charge in [0.15, 0.2) is 0 Å². The number of aromatic nitrogens is 2. The number of halogens is 1. The van der Waals surface area contributed by atoms with Crippen molar-refractivity contribution in [3.05, 3.63) is 70.6 Å². The van der Waals surface area contributed by atoms with Crippen LogP contribution in [0.1, 0.15) is 17.0 Å². The normalized spacial score (nSPS) is 11.6. The van der Waals surface area contributed by atoms with Crippen molar-refractivity contribution in [3.8, 4) is 11.4 Å². The van der Waals surface area contributed by atoms with E-state index in [4.69, 9.17) is 16.1 Å². The molecule has 0 radical (unpaired) electrons. The fourth-order valence-electron chi connectivity index (χ4n) is 2.62. The predicted molar refractivity (Wildman–Crippen MR) is 113 cm³/mol. The van der Waals surface area contributed by atoms with E-state index in [9.17, 15) is 13.2 Å². The largest absolute Gasteiger partial charge is 0.346 e. The number of carbonyl (C=O) groups excluding carboxylic acids is 1. The van der Waals surface area contributed by atoms with Gasteiger partial charge in [0.2, 0.25) is 27.6 Å². The highest BCUT2D eigenvalue weighted by molar-refractivity contribution is 7.88. The highest BCUT2D eigenvalue weighted by Gasteiger charge is 2.21. The molecule has 0 aliphatic rings. The summed E-state index contributed by atoms with van der Waals surface area (Å²) in [7, 11) is -3.58. The minimum absolute atomic E-state index is 0.0123. The molecule has 0 fully saturated rings. The molecular formula is C20H21ClN4O4S.